The molecule has 0 spiro atoms. The van der Waals surface area contributed by atoms with Crippen LogP contribution < -0.4 is 0 Å². The summed E-state index contributed by atoms with van der Waals surface area (Å²) in [5.41, 5.74) is 2.18. The van der Waals surface area contributed by atoms with E-state index in [0.29, 0.717) is 16.4 Å². The van der Waals surface area contributed by atoms with Gasteiger partial charge in [0, 0.05) is 21.7 Å². The van der Waals surface area contributed by atoms with Crippen LogP contribution in [-0.2, 0) is 0 Å². The van der Waals surface area contributed by atoms with Gasteiger partial charge >= 0.3 is 0 Å². The lowest BCUT2D eigenvalue weighted by Gasteiger charge is -1.98. The van der Waals surface area contributed by atoms with Crippen molar-refractivity contribution in [3.8, 4) is 11.3 Å². The molecule has 0 radical (unpaired) electrons. The van der Waals surface area contributed by atoms with Crippen molar-refractivity contribution in [2.24, 2.45) is 0 Å². The van der Waals surface area contributed by atoms with Crippen LogP contribution in [0.3, 0.4) is 0 Å². The molecule has 0 aliphatic rings. The fraction of sp³-hybridized carbons (Fsp3) is 0.0769. The van der Waals surface area contributed by atoms with Crippen LogP contribution in [0, 0.1) is 6.92 Å². The number of rotatable bonds is 2. The third-order valence-corrected chi connectivity index (χ3v) is 3.86. The Kier molecular flexibility index (Phi) is 2.69. The Labute approximate surface area is 113 Å². The number of carbonyl (C=O) groups is 1. The number of nitrogens with zero attached hydrogens (tertiary/aromatic N) is 2. The van der Waals surface area contributed by atoms with Crippen LogP contribution in [-0.4, -0.2) is 15.7 Å². The Morgan fingerprint density at radius 3 is 2.72 bits per heavy atom. The normalized spacial score (nSPS) is 11.0. The lowest BCUT2D eigenvalue weighted by atomic mass is 10.1. The van der Waals surface area contributed by atoms with E-state index in [1.165, 1.54) is 0 Å². The molecule has 0 amide bonds. The first kappa shape index (κ1) is 11.4. The molecule has 0 saturated carbocycles. The van der Waals surface area contributed by atoms with E-state index in [4.69, 9.17) is 11.6 Å². The van der Waals surface area contributed by atoms with Gasteiger partial charge in [0.15, 0.2) is 11.2 Å². The maximum absolute atomic E-state index is 11.3. The molecule has 0 unspecified atom stereocenters. The standard InChI is InChI=1S/C13H9ClN2OS/c1-8-6-16-11(7-17)12(15-13(16)18-8)9-2-4-10(14)5-3-9/h2-7H,1H3. The maximum Gasteiger partial charge on any atom is 0.195 e. The number of aldehydes is 1. The minimum absolute atomic E-state index is 0.580. The molecule has 0 saturated heterocycles. The molecular formula is C13H9ClN2OS. The molecule has 1 aromatic carbocycles. The van der Waals surface area contributed by atoms with Gasteiger partial charge in [-0.1, -0.05) is 23.7 Å². The molecule has 0 atom stereocenters. The molecular weight excluding hydrogens is 268 g/mol. The summed E-state index contributed by atoms with van der Waals surface area (Å²) in [6.07, 6.45) is 2.77. The number of aromatic nitrogens is 2. The van der Waals surface area contributed by atoms with E-state index in [1.54, 1.807) is 23.5 Å². The molecule has 90 valence electrons. The smallest absolute Gasteiger partial charge is 0.195 e. The molecule has 3 rings (SSSR count). The van der Waals surface area contributed by atoms with Gasteiger partial charge in [-0.2, -0.15) is 0 Å². The maximum atomic E-state index is 11.3. The van der Waals surface area contributed by atoms with Crippen LogP contribution in [0.15, 0.2) is 30.5 Å². The quantitative estimate of drug-likeness (QED) is 0.667. The lowest BCUT2D eigenvalue weighted by Crippen LogP contribution is -1.90. The average Bonchev–Trinajstić information content (AvgIpc) is 2.85. The molecule has 5 heteroatoms. The van der Waals surface area contributed by atoms with Gasteiger partial charge in [0.25, 0.3) is 0 Å². The number of hydrogen-bond acceptors (Lipinski definition) is 3. The van der Waals surface area contributed by atoms with E-state index in [9.17, 15) is 4.79 Å². The molecule has 3 nitrogen and oxygen atoms in total. The second-order valence-electron chi connectivity index (χ2n) is 3.96. The van der Waals surface area contributed by atoms with E-state index in [0.717, 1.165) is 21.7 Å². The molecule has 0 aliphatic heterocycles. The van der Waals surface area contributed by atoms with Gasteiger partial charge in [0.2, 0.25) is 0 Å². The average molecular weight is 277 g/mol. The number of halogens is 1. The summed E-state index contributed by atoms with van der Waals surface area (Å²) >= 11 is 7.43. The van der Waals surface area contributed by atoms with Crippen molar-refractivity contribution in [3.63, 3.8) is 0 Å². The SMILES string of the molecule is Cc1cn2c(C=O)c(-c3ccc(Cl)cc3)nc2s1. The fourth-order valence-electron chi connectivity index (χ4n) is 1.91. The van der Waals surface area contributed by atoms with Crippen molar-refractivity contribution in [1.82, 2.24) is 9.38 Å². The monoisotopic (exact) mass is 276 g/mol. The third kappa shape index (κ3) is 1.74. The predicted molar refractivity (Wildman–Crippen MR) is 73.6 cm³/mol. The topological polar surface area (TPSA) is 34.4 Å². The number of carbonyl (C=O) groups excluding carboxylic acids is 1. The Morgan fingerprint density at radius 1 is 1.33 bits per heavy atom. The van der Waals surface area contributed by atoms with Gasteiger partial charge in [-0.3, -0.25) is 9.20 Å². The second-order valence-corrected chi connectivity index (χ2v) is 5.61. The number of fused-ring (bicyclic) bond motifs is 1. The van der Waals surface area contributed by atoms with Crippen molar-refractivity contribution in [2.75, 3.05) is 0 Å². The largest absolute Gasteiger partial charge is 0.296 e. The van der Waals surface area contributed by atoms with Gasteiger partial charge in [-0.15, -0.1) is 11.3 Å². The molecule has 0 bridgehead atoms. The van der Waals surface area contributed by atoms with Crippen molar-refractivity contribution in [2.45, 2.75) is 6.92 Å². The van der Waals surface area contributed by atoms with Crippen LogP contribution in [0.2, 0.25) is 5.02 Å². The van der Waals surface area contributed by atoms with Crippen molar-refractivity contribution in [1.29, 1.82) is 0 Å². The van der Waals surface area contributed by atoms with Crippen LogP contribution in [0.1, 0.15) is 15.4 Å². The Balaban J connectivity index is 2.25. The Morgan fingerprint density at radius 2 is 2.06 bits per heavy atom. The zero-order valence-corrected chi connectivity index (χ0v) is 11.1. The molecule has 0 N–H and O–H groups in total. The summed E-state index contributed by atoms with van der Waals surface area (Å²) < 4.78 is 1.83. The van der Waals surface area contributed by atoms with Gasteiger partial charge in [-0.25, -0.2) is 4.98 Å². The predicted octanol–water partition coefficient (Wildman–Crippen LogP) is 3.84. The lowest BCUT2D eigenvalue weighted by molar-refractivity contribution is 0.111. The number of hydrogen-bond donors (Lipinski definition) is 0. The van der Waals surface area contributed by atoms with Gasteiger partial charge in [-0.05, 0) is 19.1 Å². The number of thiazole rings is 1. The van der Waals surface area contributed by atoms with Crippen molar-refractivity contribution < 1.29 is 4.79 Å². The van der Waals surface area contributed by atoms with E-state index >= 15 is 0 Å². The first-order valence-electron chi connectivity index (χ1n) is 5.38. The number of benzene rings is 1. The number of imidazole rings is 1. The van der Waals surface area contributed by atoms with E-state index < -0.39 is 0 Å². The van der Waals surface area contributed by atoms with E-state index in [2.05, 4.69) is 4.98 Å². The minimum Gasteiger partial charge on any atom is -0.296 e. The van der Waals surface area contributed by atoms with Crippen LogP contribution in [0.5, 0.6) is 0 Å². The zero-order valence-electron chi connectivity index (χ0n) is 9.55. The first-order chi connectivity index (χ1) is 8.69. The van der Waals surface area contributed by atoms with Crippen LogP contribution in [0.4, 0.5) is 0 Å². The van der Waals surface area contributed by atoms with Crippen molar-refractivity contribution >= 4 is 34.2 Å². The highest BCUT2D eigenvalue weighted by Crippen LogP contribution is 2.28. The molecule has 0 fully saturated rings. The van der Waals surface area contributed by atoms with Gasteiger partial charge < -0.3 is 0 Å². The summed E-state index contributed by atoms with van der Waals surface area (Å²) in [7, 11) is 0. The van der Waals surface area contributed by atoms with Crippen LogP contribution >= 0.6 is 22.9 Å². The minimum atomic E-state index is 0.580. The summed E-state index contributed by atoms with van der Waals surface area (Å²) in [4.78, 5) is 17.7. The van der Waals surface area contributed by atoms with Gasteiger partial charge in [0.05, 0.1) is 0 Å². The summed E-state index contributed by atoms with van der Waals surface area (Å²) in [5, 5.41) is 0.670. The highest BCUT2D eigenvalue weighted by Gasteiger charge is 2.14. The summed E-state index contributed by atoms with van der Waals surface area (Å²) in [5.74, 6) is 0. The van der Waals surface area contributed by atoms with E-state index in [1.807, 2.05) is 29.7 Å². The molecule has 3 aromatic rings. The Hall–Kier alpha value is -1.65. The molecule has 18 heavy (non-hydrogen) atoms. The summed E-state index contributed by atoms with van der Waals surface area (Å²) in [6, 6.07) is 7.33. The van der Waals surface area contributed by atoms with Crippen molar-refractivity contribution in [3.05, 3.63) is 46.1 Å². The third-order valence-electron chi connectivity index (χ3n) is 2.71. The van der Waals surface area contributed by atoms with Gasteiger partial charge in [0.1, 0.15) is 11.4 Å². The van der Waals surface area contributed by atoms with Crippen LogP contribution in [0.25, 0.3) is 16.2 Å². The molecule has 2 heterocycles. The second kappa shape index (κ2) is 4.23. The summed E-state index contributed by atoms with van der Waals surface area (Å²) in [6.45, 7) is 2.00. The Bertz CT molecular complexity index is 727. The zero-order chi connectivity index (χ0) is 12.7. The molecule has 2 aromatic heterocycles. The highest BCUT2D eigenvalue weighted by atomic mass is 35.5. The number of aryl methyl sites for hydroxylation is 1. The molecule has 0 aliphatic carbocycles. The first-order valence-corrected chi connectivity index (χ1v) is 6.58. The van der Waals surface area contributed by atoms with E-state index in [-0.39, 0.29) is 0 Å². The fourth-order valence-corrected chi connectivity index (χ4v) is 2.86. The highest BCUT2D eigenvalue weighted by molar-refractivity contribution is 7.17.